The molecule has 0 bridgehead atoms. The van der Waals surface area contributed by atoms with Gasteiger partial charge in [0.2, 0.25) is 0 Å². The van der Waals surface area contributed by atoms with Crippen LogP contribution in [0.5, 0.6) is 0 Å². The predicted octanol–water partition coefficient (Wildman–Crippen LogP) is 4.49. The molecule has 1 saturated heterocycles. The summed E-state index contributed by atoms with van der Waals surface area (Å²) in [4.78, 5) is 2.44. The van der Waals surface area contributed by atoms with Gasteiger partial charge >= 0.3 is 0 Å². The highest BCUT2D eigenvalue weighted by Gasteiger charge is 2.38. The Morgan fingerprint density at radius 2 is 1.78 bits per heavy atom. The number of anilines is 1. The molecule has 118 valence electrons. The Balaban J connectivity index is 1.61. The van der Waals surface area contributed by atoms with Crippen LogP contribution in [0, 0.1) is 6.92 Å². The third-order valence-corrected chi connectivity index (χ3v) is 5.19. The zero-order valence-electron chi connectivity index (χ0n) is 13.8. The second-order valence-electron chi connectivity index (χ2n) is 6.71. The molecule has 0 spiro atoms. The average Bonchev–Trinajstić information content (AvgIpc) is 2.87. The lowest BCUT2D eigenvalue weighted by molar-refractivity contribution is 0.0725. The second kappa shape index (κ2) is 5.86. The molecule has 2 aromatic rings. The first-order valence-corrected chi connectivity index (χ1v) is 8.41. The molecule has 0 N–H and O–H groups in total. The van der Waals surface area contributed by atoms with Gasteiger partial charge in [-0.25, -0.2) is 0 Å². The van der Waals surface area contributed by atoms with Gasteiger partial charge in [-0.15, -0.1) is 0 Å². The molecular formula is C21H23NO. The topological polar surface area (TPSA) is 12.5 Å². The molecule has 0 radical (unpaired) electrons. The van der Waals surface area contributed by atoms with E-state index in [1.807, 2.05) is 0 Å². The van der Waals surface area contributed by atoms with Crippen molar-refractivity contribution in [3.8, 4) is 0 Å². The predicted molar refractivity (Wildman–Crippen MR) is 96.9 cm³/mol. The van der Waals surface area contributed by atoms with Crippen LogP contribution in [0.25, 0.3) is 12.2 Å². The van der Waals surface area contributed by atoms with Crippen molar-refractivity contribution in [2.75, 3.05) is 25.2 Å². The van der Waals surface area contributed by atoms with Crippen molar-refractivity contribution in [1.82, 2.24) is 0 Å². The van der Waals surface area contributed by atoms with Crippen molar-refractivity contribution in [3.05, 3.63) is 64.7 Å². The summed E-state index contributed by atoms with van der Waals surface area (Å²) in [6.07, 6.45) is 5.53. The van der Waals surface area contributed by atoms with Gasteiger partial charge in [-0.3, -0.25) is 0 Å². The third-order valence-electron chi connectivity index (χ3n) is 5.19. The van der Waals surface area contributed by atoms with Gasteiger partial charge in [0.25, 0.3) is 0 Å². The van der Waals surface area contributed by atoms with Gasteiger partial charge in [-0.2, -0.15) is 0 Å². The SMILES string of the molecule is Cc1ccc(C=Cc2ccc3c(c2)C2COCCC2N3C)cc1. The number of aryl methyl sites for hydroxylation is 1. The molecule has 23 heavy (non-hydrogen) atoms. The molecule has 0 saturated carbocycles. The third kappa shape index (κ3) is 2.68. The Kier molecular flexibility index (Phi) is 3.70. The van der Waals surface area contributed by atoms with Crippen LogP contribution in [0.2, 0.25) is 0 Å². The monoisotopic (exact) mass is 305 g/mol. The van der Waals surface area contributed by atoms with Crippen LogP contribution in [0.1, 0.15) is 34.6 Å². The molecule has 2 aromatic carbocycles. The Labute approximate surface area is 138 Å². The van der Waals surface area contributed by atoms with Crippen molar-refractivity contribution in [1.29, 1.82) is 0 Å². The van der Waals surface area contributed by atoms with E-state index in [4.69, 9.17) is 4.74 Å². The van der Waals surface area contributed by atoms with Gasteiger partial charge in [-0.05, 0) is 42.2 Å². The molecule has 2 nitrogen and oxygen atoms in total. The molecule has 4 rings (SSSR count). The highest BCUT2D eigenvalue weighted by atomic mass is 16.5. The zero-order chi connectivity index (χ0) is 15.8. The molecule has 0 amide bonds. The van der Waals surface area contributed by atoms with Crippen LogP contribution in [-0.2, 0) is 4.74 Å². The first-order chi connectivity index (χ1) is 11.2. The van der Waals surface area contributed by atoms with Crippen molar-refractivity contribution >= 4 is 17.8 Å². The molecule has 2 heteroatoms. The van der Waals surface area contributed by atoms with Crippen molar-refractivity contribution in [2.24, 2.45) is 0 Å². The van der Waals surface area contributed by atoms with Crippen LogP contribution in [0.3, 0.4) is 0 Å². The minimum Gasteiger partial charge on any atom is -0.381 e. The normalized spacial score (nSPS) is 23.1. The first-order valence-electron chi connectivity index (χ1n) is 8.41. The van der Waals surface area contributed by atoms with Gasteiger partial charge in [0, 0.05) is 31.3 Å². The lowest BCUT2D eigenvalue weighted by Crippen LogP contribution is -2.36. The number of ether oxygens (including phenoxy) is 1. The van der Waals surface area contributed by atoms with E-state index in [2.05, 4.69) is 73.5 Å². The Morgan fingerprint density at radius 3 is 2.61 bits per heavy atom. The number of nitrogens with zero attached hydrogens (tertiary/aromatic N) is 1. The fraction of sp³-hybridized carbons (Fsp3) is 0.333. The van der Waals surface area contributed by atoms with Crippen LogP contribution in [-0.4, -0.2) is 26.3 Å². The van der Waals surface area contributed by atoms with Crippen LogP contribution in [0.15, 0.2) is 42.5 Å². The molecule has 1 fully saturated rings. The van der Waals surface area contributed by atoms with Crippen molar-refractivity contribution in [2.45, 2.75) is 25.3 Å². The van der Waals surface area contributed by atoms with Gasteiger partial charge in [0.15, 0.2) is 0 Å². The molecule has 2 aliphatic heterocycles. The zero-order valence-corrected chi connectivity index (χ0v) is 13.8. The van der Waals surface area contributed by atoms with Crippen molar-refractivity contribution < 1.29 is 4.74 Å². The molecule has 2 unspecified atom stereocenters. The van der Waals surface area contributed by atoms with E-state index in [1.165, 1.54) is 27.9 Å². The van der Waals surface area contributed by atoms with E-state index in [1.54, 1.807) is 0 Å². The van der Waals surface area contributed by atoms with E-state index in [-0.39, 0.29) is 0 Å². The Hall–Kier alpha value is -2.06. The lowest BCUT2D eigenvalue weighted by Gasteiger charge is -2.30. The van der Waals surface area contributed by atoms with Crippen LogP contribution in [0.4, 0.5) is 5.69 Å². The summed E-state index contributed by atoms with van der Waals surface area (Å²) in [5.74, 6) is 0.525. The van der Waals surface area contributed by atoms with Gasteiger partial charge < -0.3 is 9.64 Å². The highest BCUT2D eigenvalue weighted by molar-refractivity contribution is 5.73. The second-order valence-corrected chi connectivity index (χ2v) is 6.71. The summed E-state index contributed by atoms with van der Waals surface area (Å²) < 4.78 is 5.72. The smallest absolute Gasteiger partial charge is 0.0555 e. The molecule has 2 heterocycles. The molecule has 0 aliphatic carbocycles. The van der Waals surface area contributed by atoms with E-state index in [0.29, 0.717) is 12.0 Å². The molecule has 2 aliphatic rings. The van der Waals surface area contributed by atoms with E-state index in [9.17, 15) is 0 Å². The maximum atomic E-state index is 5.72. The van der Waals surface area contributed by atoms with E-state index < -0.39 is 0 Å². The van der Waals surface area contributed by atoms with Crippen molar-refractivity contribution in [3.63, 3.8) is 0 Å². The minimum absolute atomic E-state index is 0.525. The maximum absolute atomic E-state index is 5.72. The summed E-state index contributed by atoms with van der Waals surface area (Å²) in [5, 5.41) is 0. The number of hydrogen-bond donors (Lipinski definition) is 0. The summed E-state index contributed by atoms with van der Waals surface area (Å²) in [6.45, 7) is 3.86. The van der Waals surface area contributed by atoms with E-state index >= 15 is 0 Å². The number of benzene rings is 2. The first kappa shape index (κ1) is 14.5. The molecular weight excluding hydrogens is 282 g/mol. The average molecular weight is 305 g/mol. The highest BCUT2D eigenvalue weighted by Crippen LogP contribution is 2.43. The van der Waals surface area contributed by atoms with Gasteiger partial charge in [0.05, 0.1) is 6.61 Å². The summed E-state index contributed by atoms with van der Waals surface area (Å²) in [5.41, 5.74) is 6.63. The number of rotatable bonds is 2. The summed E-state index contributed by atoms with van der Waals surface area (Å²) in [6, 6.07) is 16.1. The standard InChI is InChI=1S/C21H23NO/c1-15-3-5-16(6-4-15)7-8-17-9-10-20-18(13-17)19-14-23-12-11-21(19)22(20)2/h3-10,13,19,21H,11-12,14H2,1-2H3. The molecule has 2 atom stereocenters. The van der Waals surface area contributed by atoms with Crippen LogP contribution < -0.4 is 4.90 Å². The van der Waals surface area contributed by atoms with Crippen LogP contribution >= 0.6 is 0 Å². The maximum Gasteiger partial charge on any atom is 0.0555 e. The summed E-state index contributed by atoms with van der Waals surface area (Å²) in [7, 11) is 2.22. The van der Waals surface area contributed by atoms with Gasteiger partial charge in [-0.1, -0.05) is 48.0 Å². The number of fused-ring (bicyclic) bond motifs is 3. The Bertz CT molecular complexity index is 732. The lowest BCUT2D eigenvalue weighted by atomic mass is 9.91. The molecule has 0 aromatic heterocycles. The van der Waals surface area contributed by atoms with E-state index in [0.717, 1.165) is 19.6 Å². The fourth-order valence-corrected chi connectivity index (χ4v) is 3.83. The quantitative estimate of drug-likeness (QED) is 0.758. The minimum atomic E-state index is 0.525. The number of hydrogen-bond acceptors (Lipinski definition) is 2. The Morgan fingerprint density at radius 1 is 1.04 bits per heavy atom. The van der Waals surface area contributed by atoms with Gasteiger partial charge in [0.1, 0.15) is 0 Å². The fourth-order valence-electron chi connectivity index (χ4n) is 3.83. The largest absolute Gasteiger partial charge is 0.381 e. The summed E-state index contributed by atoms with van der Waals surface area (Å²) >= 11 is 0. The number of likely N-dealkylation sites (N-methyl/N-ethyl adjacent to an activating group) is 1.